The minimum atomic E-state index is -0.329. The van der Waals surface area contributed by atoms with E-state index in [0.29, 0.717) is 16.9 Å². The van der Waals surface area contributed by atoms with Gasteiger partial charge in [-0.05, 0) is 117 Å². The second-order valence-corrected chi connectivity index (χ2v) is 13.3. The van der Waals surface area contributed by atoms with Gasteiger partial charge < -0.3 is 5.11 Å². The van der Waals surface area contributed by atoms with Crippen LogP contribution in [0.1, 0.15) is 96.5 Å². The van der Waals surface area contributed by atoms with E-state index in [4.69, 9.17) is 5.26 Å². The number of aliphatic hydroxyl groups is 1. The van der Waals surface area contributed by atoms with Crippen LogP contribution in [-0.4, -0.2) is 20.5 Å². The Morgan fingerprint density at radius 2 is 1.91 bits per heavy atom. The maximum atomic E-state index is 11.3. The highest BCUT2D eigenvalue weighted by Crippen LogP contribution is 2.66. The maximum absolute atomic E-state index is 11.3. The van der Waals surface area contributed by atoms with Crippen LogP contribution in [0.3, 0.4) is 0 Å². The third-order valence-electron chi connectivity index (χ3n) is 11.5. The Bertz CT molecular complexity index is 914. The van der Waals surface area contributed by atoms with Crippen LogP contribution < -0.4 is 0 Å². The van der Waals surface area contributed by atoms with Crippen LogP contribution in [0.15, 0.2) is 12.4 Å². The van der Waals surface area contributed by atoms with Gasteiger partial charge in [-0.1, -0.05) is 26.7 Å². The molecule has 1 unspecified atom stereocenters. The van der Waals surface area contributed by atoms with Crippen molar-refractivity contribution in [3.63, 3.8) is 0 Å². The van der Waals surface area contributed by atoms with Crippen LogP contribution in [0, 0.1) is 64.1 Å². The second-order valence-electron chi connectivity index (χ2n) is 13.3. The van der Waals surface area contributed by atoms with Gasteiger partial charge >= 0.3 is 0 Å². The third-order valence-corrected chi connectivity index (χ3v) is 11.5. The molecular weight excluding hydrogens is 406 g/mol. The fourth-order valence-corrected chi connectivity index (χ4v) is 9.93. The SMILES string of the molecule is C[C@H](Cn1cc(C#N)cn1)C1CC[C@H]2[C@@H]3CC[C@@H]4C[C@@](O)(CC5CC5)CC[C@@H]4[C@H]3CC[C@]12C. The van der Waals surface area contributed by atoms with Gasteiger partial charge in [0.15, 0.2) is 0 Å². The minimum Gasteiger partial charge on any atom is -0.390 e. The molecule has 180 valence electrons. The smallest absolute Gasteiger partial charge is 0.102 e. The number of fused-ring (bicyclic) bond motifs is 5. The van der Waals surface area contributed by atoms with Crippen molar-refractivity contribution in [2.45, 2.75) is 103 Å². The summed E-state index contributed by atoms with van der Waals surface area (Å²) < 4.78 is 2.00. The molecule has 5 saturated carbocycles. The standard InChI is InChI=1S/C29H43N3O/c1-19(17-32-18-21(15-30)16-31-32)26-7-8-27-25-6-5-22-14-29(33,13-20-3-4-20)12-10-23(22)24(25)9-11-28(26,27)2/h16,18-20,22-27,33H,3-14,17H2,1-2H3/t19-,22-,23+,24-,25-,26?,27+,28-,29+/m1/s1. The number of nitrogens with zero attached hydrogens (tertiary/aromatic N) is 3. The summed E-state index contributed by atoms with van der Waals surface area (Å²) in [4.78, 5) is 0. The molecule has 0 saturated heterocycles. The molecule has 4 nitrogen and oxygen atoms in total. The van der Waals surface area contributed by atoms with E-state index >= 15 is 0 Å². The highest BCUT2D eigenvalue weighted by molar-refractivity contribution is 5.21. The van der Waals surface area contributed by atoms with Crippen molar-refractivity contribution >= 4 is 0 Å². The van der Waals surface area contributed by atoms with Crippen LogP contribution in [0.5, 0.6) is 0 Å². The van der Waals surface area contributed by atoms with Crippen LogP contribution in [0.2, 0.25) is 0 Å². The molecule has 0 aromatic carbocycles. The van der Waals surface area contributed by atoms with Gasteiger partial charge in [-0.15, -0.1) is 0 Å². The molecule has 6 rings (SSSR count). The molecule has 0 radical (unpaired) electrons. The van der Waals surface area contributed by atoms with E-state index in [1.165, 1.54) is 57.8 Å². The second kappa shape index (κ2) is 8.11. The van der Waals surface area contributed by atoms with Crippen molar-refractivity contribution in [1.29, 1.82) is 5.26 Å². The summed E-state index contributed by atoms with van der Waals surface area (Å²) in [5.74, 6) is 6.62. The first-order chi connectivity index (χ1) is 15.9. The largest absolute Gasteiger partial charge is 0.390 e. The van der Waals surface area contributed by atoms with E-state index in [1.54, 1.807) is 6.20 Å². The lowest BCUT2D eigenvalue weighted by atomic mass is 9.48. The summed E-state index contributed by atoms with van der Waals surface area (Å²) in [7, 11) is 0. The van der Waals surface area contributed by atoms with Crippen molar-refractivity contribution < 1.29 is 5.11 Å². The molecule has 4 heteroatoms. The van der Waals surface area contributed by atoms with Gasteiger partial charge in [0.05, 0.1) is 17.4 Å². The average molecular weight is 450 g/mol. The van der Waals surface area contributed by atoms with Crippen LogP contribution in [0.25, 0.3) is 0 Å². The van der Waals surface area contributed by atoms with Gasteiger partial charge in [-0.3, -0.25) is 4.68 Å². The van der Waals surface area contributed by atoms with Gasteiger partial charge in [0.25, 0.3) is 0 Å². The van der Waals surface area contributed by atoms with Crippen LogP contribution >= 0.6 is 0 Å². The zero-order valence-corrected chi connectivity index (χ0v) is 20.8. The predicted octanol–water partition coefficient (Wildman–Crippen LogP) is 6.19. The zero-order valence-electron chi connectivity index (χ0n) is 20.8. The molecule has 5 aliphatic carbocycles. The number of rotatable bonds is 5. The Hall–Kier alpha value is -1.34. The summed E-state index contributed by atoms with van der Waals surface area (Å²) in [5.41, 5.74) is 0.816. The van der Waals surface area contributed by atoms with Gasteiger partial charge in [0.1, 0.15) is 6.07 Å². The van der Waals surface area contributed by atoms with E-state index < -0.39 is 0 Å². The average Bonchev–Trinajstić information content (AvgIpc) is 3.34. The Balaban J connectivity index is 1.13. The van der Waals surface area contributed by atoms with Crippen molar-refractivity contribution in [3.05, 3.63) is 18.0 Å². The summed E-state index contributed by atoms with van der Waals surface area (Å²) >= 11 is 0. The quantitative estimate of drug-likeness (QED) is 0.583. The van der Waals surface area contributed by atoms with Gasteiger partial charge in [-0.25, -0.2) is 0 Å². The van der Waals surface area contributed by atoms with E-state index in [-0.39, 0.29) is 5.60 Å². The van der Waals surface area contributed by atoms with Crippen LogP contribution in [0.4, 0.5) is 0 Å². The van der Waals surface area contributed by atoms with E-state index in [9.17, 15) is 5.11 Å². The first-order valence-corrected chi connectivity index (χ1v) is 14.0. The molecule has 33 heavy (non-hydrogen) atoms. The summed E-state index contributed by atoms with van der Waals surface area (Å²) in [5, 5.41) is 24.9. The molecule has 5 aliphatic rings. The molecule has 0 aliphatic heterocycles. The highest BCUT2D eigenvalue weighted by atomic mass is 16.3. The van der Waals surface area contributed by atoms with Crippen molar-refractivity contribution in [3.8, 4) is 6.07 Å². The van der Waals surface area contributed by atoms with E-state index in [1.807, 2.05) is 10.9 Å². The minimum absolute atomic E-state index is 0.329. The molecule has 0 amide bonds. The molecule has 9 atom stereocenters. The predicted molar refractivity (Wildman–Crippen MR) is 129 cm³/mol. The number of hydrogen-bond acceptors (Lipinski definition) is 3. The normalized spacial score (nSPS) is 45.5. The number of aromatic nitrogens is 2. The van der Waals surface area contributed by atoms with Gasteiger partial charge in [-0.2, -0.15) is 10.4 Å². The third kappa shape index (κ3) is 3.87. The molecule has 5 fully saturated rings. The molecular formula is C29H43N3O. The fraction of sp³-hybridized carbons (Fsp3) is 0.862. The Labute approximate surface area is 200 Å². The Morgan fingerprint density at radius 3 is 2.67 bits per heavy atom. The maximum Gasteiger partial charge on any atom is 0.102 e. The molecule has 1 aromatic rings. The topological polar surface area (TPSA) is 61.8 Å². The van der Waals surface area contributed by atoms with E-state index in [0.717, 1.165) is 67.2 Å². The Kier molecular flexibility index (Phi) is 5.44. The highest BCUT2D eigenvalue weighted by Gasteiger charge is 2.58. The number of hydrogen-bond donors (Lipinski definition) is 1. The first-order valence-electron chi connectivity index (χ1n) is 14.0. The summed E-state index contributed by atoms with van der Waals surface area (Å²) in [6.45, 7) is 6.00. The van der Waals surface area contributed by atoms with Crippen LogP contribution in [-0.2, 0) is 6.54 Å². The van der Waals surface area contributed by atoms with Gasteiger partial charge in [0, 0.05) is 12.7 Å². The van der Waals surface area contributed by atoms with Gasteiger partial charge in [0.2, 0.25) is 0 Å². The molecule has 0 bridgehead atoms. The monoisotopic (exact) mass is 449 g/mol. The molecule has 0 spiro atoms. The fourth-order valence-electron chi connectivity index (χ4n) is 9.93. The van der Waals surface area contributed by atoms with E-state index in [2.05, 4.69) is 25.0 Å². The van der Waals surface area contributed by atoms with Crippen molar-refractivity contribution in [2.75, 3.05) is 0 Å². The van der Waals surface area contributed by atoms with Crippen molar-refractivity contribution in [2.24, 2.45) is 52.8 Å². The first kappa shape index (κ1) is 22.1. The lowest BCUT2D eigenvalue weighted by Gasteiger charge is -2.57. The molecule has 1 N–H and O–H groups in total. The molecule has 1 aromatic heterocycles. The lowest BCUT2D eigenvalue weighted by molar-refractivity contribution is -0.112. The zero-order chi connectivity index (χ0) is 22.8. The van der Waals surface area contributed by atoms with Crippen molar-refractivity contribution in [1.82, 2.24) is 9.78 Å². The molecule has 1 heterocycles. The summed E-state index contributed by atoms with van der Waals surface area (Å²) in [6, 6.07) is 2.21. The summed E-state index contributed by atoms with van der Waals surface area (Å²) in [6.07, 6.45) is 19.3. The lowest BCUT2D eigenvalue weighted by Crippen LogP contribution is -2.51. The number of nitriles is 1. The Morgan fingerprint density at radius 1 is 1.09 bits per heavy atom.